The summed E-state index contributed by atoms with van der Waals surface area (Å²) >= 11 is 0. The van der Waals surface area contributed by atoms with Gasteiger partial charge in [-0.3, -0.25) is 0 Å². The number of hydrogen-bond donors (Lipinski definition) is 1. The molecular formula is C8H15F3O2. The highest BCUT2D eigenvalue weighted by Gasteiger charge is 2.27. The van der Waals surface area contributed by atoms with E-state index in [1.807, 2.05) is 13.8 Å². The van der Waals surface area contributed by atoms with E-state index in [1.54, 1.807) is 0 Å². The first-order valence-electron chi connectivity index (χ1n) is 4.14. The molecule has 1 atom stereocenters. The molecule has 0 fully saturated rings. The van der Waals surface area contributed by atoms with Crippen LogP contribution in [0.3, 0.4) is 0 Å². The largest absolute Gasteiger partial charge is 0.411 e. The van der Waals surface area contributed by atoms with E-state index in [2.05, 4.69) is 4.74 Å². The van der Waals surface area contributed by atoms with Crippen molar-refractivity contribution in [3.8, 4) is 0 Å². The van der Waals surface area contributed by atoms with Gasteiger partial charge < -0.3 is 9.84 Å². The van der Waals surface area contributed by atoms with Crippen LogP contribution in [0.25, 0.3) is 0 Å². The summed E-state index contributed by atoms with van der Waals surface area (Å²) in [5, 5.41) is 9.12. The maximum absolute atomic E-state index is 11.6. The van der Waals surface area contributed by atoms with Gasteiger partial charge in [0.25, 0.3) is 0 Å². The van der Waals surface area contributed by atoms with Crippen molar-refractivity contribution in [3.05, 3.63) is 0 Å². The van der Waals surface area contributed by atoms with Crippen LogP contribution < -0.4 is 0 Å². The first-order valence-corrected chi connectivity index (χ1v) is 4.14. The number of ether oxygens (including phenoxy) is 1. The number of halogens is 3. The fraction of sp³-hybridized carbons (Fsp3) is 1.00. The second-order valence-electron chi connectivity index (χ2n) is 3.41. The lowest BCUT2D eigenvalue weighted by atomic mass is 10.1. The molecule has 0 aliphatic rings. The fourth-order valence-electron chi connectivity index (χ4n) is 0.923. The van der Waals surface area contributed by atoms with Gasteiger partial charge >= 0.3 is 6.18 Å². The van der Waals surface area contributed by atoms with Gasteiger partial charge in [-0.15, -0.1) is 0 Å². The summed E-state index contributed by atoms with van der Waals surface area (Å²) < 4.78 is 39.0. The van der Waals surface area contributed by atoms with E-state index in [0.717, 1.165) is 0 Å². The van der Waals surface area contributed by atoms with E-state index in [4.69, 9.17) is 5.11 Å². The van der Waals surface area contributed by atoms with Gasteiger partial charge in [0.1, 0.15) is 6.61 Å². The highest BCUT2D eigenvalue weighted by atomic mass is 19.4. The smallest absolute Gasteiger partial charge is 0.391 e. The number of alkyl halides is 3. The lowest BCUT2D eigenvalue weighted by Gasteiger charge is -2.14. The lowest BCUT2D eigenvalue weighted by Crippen LogP contribution is -2.23. The van der Waals surface area contributed by atoms with Crippen molar-refractivity contribution in [2.45, 2.75) is 32.5 Å². The molecule has 0 radical (unpaired) electrons. The fourth-order valence-corrected chi connectivity index (χ4v) is 0.923. The topological polar surface area (TPSA) is 29.5 Å². The van der Waals surface area contributed by atoms with E-state index in [1.165, 1.54) is 0 Å². The molecule has 0 rings (SSSR count). The van der Waals surface area contributed by atoms with Crippen LogP contribution in [0.1, 0.15) is 20.3 Å². The van der Waals surface area contributed by atoms with Crippen LogP contribution in [0.2, 0.25) is 0 Å². The molecule has 1 N–H and O–H groups in total. The molecule has 2 nitrogen and oxygen atoms in total. The summed E-state index contributed by atoms with van der Waals surface area (Å²) in [4.78, 5) is 0. The average Bonchev–Trinajstić information content (AvgIpc) is 1.81. The maximum Gasteiger partial charge on any atom is 0.411 e. The normalized spacial score (nSPS) is 15.0. The van der Waals surface area contributed by atoms with Crippen molar-refractivity contribution in [2.24, 2.45) is 5.92 Å². The van der Waals surface area contributed by atoms with Gasteiger partial charge in [-0.1, -0.05) is 13.8 Å². The third kappa shape index (κ3) is 9.63. The Balaban J connectivity index is 3.42. The molecule has 0 aliphatic heterocycles. The first-order chi connectivity index (χ1) is 5.81. The van der Waals surface area contributed by atoms with E-state index in [0.29, 0.717) is 6.42 Å². The van der Waals surface area contributed by atoms with Gasteiger partial charge in [0.2, 0.25) is 0 Å². The first kappa shape index (κ1) is 12.7. The SMILES string of the molecule is CC(C)CC(O)COCC(F)(F)F. The van der Waals surface area contributed by atoms with Crippen molar-refractivity contribution in [2.75, 3.05) is 13.2 Å². The zero-order valence-electron chi connectivity index (χ0n) is 7.77. The Hall–Kier alpha value is -0.290. The molecule has 0 aromatic carbocycles. The summed E-state index contributed by atoms with van der Waals surface area (Å²) in [5.41, 5.74) is 0. The van der Waals surface area contributed by atoms with Crippen molar-refractivity contribution in [1.82, 2.24) is 0 Å². The lowest BCUT2D eigenvalue weighted by molar-refractivity contribution is -0.179. The maximum atomic E-state index is 11.6. The molecule has 0 amide bonds. The summed E-state index contributed by atoms with van der Waals surface area (Å²) in [7, 11) is 0. The quantitative estimate of drug-likeness (QED) is 0.735. The highest BCUT2D eigenvalue weighted by Crippen LogP contribution is 2.15. The minimum Gasteiger partial charge on any atom is -0.391 e. The standard InChI is InChI=1S/C8H15F3O2/c1-6(2)3-7(12)4-13-5-8(9,10)11/h6-7,12H,3-5H2,1-2H3. The van der Waals surface area contributed by atoms with Gasteiger partial charge in [-0.2, -0.15) is 13.2 Å². The van der Waals surface area contributed by atoms with Crippen LogP contribution in [0.4, 0.5) is 13.2 Å². The zero-order chi connectivity index (χ0) is 10.5. The molecule has 0 aromatic rings. The van der Waals surface area contributed by atoms with Crippen LogP contribution in [0, 0.1) is 5.92 Å². The highest BCUT2D eigenvalue weighted by molar-refractivity contribution is 4.57. The molecular weight excluding hydrogens is 185 g/mol. The molecule has 5 heteroatoms. The van der Waals surface area contributed by atoms with Crippen LogP contribution in [0.15, 0.2) is 0 Å². The van der Waals surface area contributed by atoms with Gasteiger partial charge in [-0.05, 0) is 12.3 Å². The molecule has 0 heterocycles. The van der Waals surface area contributed by atoms with E-state index in [9.17, 15) is 13.2 Å². The summed E-state index contributed by atoms with van der Waals surface area (Å²) in [6.07, 6.45) is -4.66. The third-order valence-corrected chi connectivity index (χ3v) is 1.32. The van der Waals surface area contributed by atoms with Crippen molar-refractivity contribution < 1.29 is 23.0 Å². The van der Waals surface area contributed by atoms with Crippen LogP contribution in [-0.2, 0) is 4.74 Å². The van der Waals surface area contributed by atoms with E-state index < -0.39 is 18.9 Å². The van der Waals surface area contributed by atoms with Gasteiger partial charge in [0.05, 0.1) is 12.7 Å². The zero-order valence-corrected chi connectivity index (χ0v) is 7.77. The second-order valence-corrected chi connectivity index (χ2v) is 3.41. The molecule has 0 saturated carbocycles. The number of aliphatic hydroxyl groups is 1. The summed E-state index contributed by atoms with van der Waals surface area (Å²) in [6, 6.07) is 0. The monoisotopic (exact) mass is 200 g/mol. The third-order valence-electron chi connectivity index (χ3n) is 1.32. The number of rotatable bonds is 5. The minimum atomic E-state index is -4.31. The molecule has 1 unspecified atom stereocenters. The molecule has 0 spiro atoms. The van der Waals surface area contributed by atoms with Gasteiger partial charge in [0, 0.05) is 0 Å². The second kappa shape index (κ2) is 5.44. The average molecular weight is 200 g/mol. The molecule has 0 aromatic heterocycles. The predicted molar refractivity (Wildman–Crippen MR) is 42.3 cm³/mol. The van der Waals surface area contributed by atoms with Gasteiger partial charge in [0.15, 0.2) is 0 Å². The van der Waals surface area contributed by atoms with Crippen molar-refractivity contribution >= 4 is 0 Å². The predicted octanol–water partition coefficient (Wildman–Crippen LogP) is 1.97. The molecule has 0 aliphatic carbocycles. The Kier molecular flexibility index (Phi) is 5.32. The Morgan fingerprint density at radius 2 is 1.85 bits per heavy atom. The Morgan fingerprint density at radius 3 is 2.23 bits per heavy atom. The van der Waals surface area contributed by atoms with Crippen LogP contribution in [-0.4, -0.2) is 30.6 Å². The molecule has 80 valence electrons. The molecule has 13 heavy (non-hydrogen) atoms. The Bertz CT molecular complexity index is 134. The van der Waals surface area contributed by atoms with Crippen LogP contribution >= 0.6 is 0 Å². The summed E-state index contributed by atoms with van der Waals surface area (Å²) in [6.45, 7) is 2.22. The molecule has 0 saturated heterocycles. The van der Waals surface area contributed by atoms with E-state index >= 15 is 0 Å². The van der Waals surface area contributed by atoms with E-state index in [-0.39, 0.29) is 12.5 Å². The summed E-state index contributed by atoms with van der Waals surface area (Å²) in [5.74, 6) is 0.254. The van der Waals surface area contributed by atoms with Gasteiger partial charge in [-0.25, -0.2) is 0 Å². The number of hydrogen-bond acceptors (Lipinski definition) is 2. The van der Waals surface area contributed by atoms with Crippen molar-refractivity contribution in [3.63, 3.8) is 0 Å². The Morgan fingerprint density at radius 1 is 1.31 bits per heavy atom. The Labute approximate surface area is 75.7 Å². The molecule has 0 bridgehead atoms. The van der Waals surface area contributed by atoms with Crippen molar-refractivity contribution in [1.29, 1.82) is 0 Å². The minimum absolute atomic E-state index is 0.252. The van der Waals surface area contributed by atoms with Crippen LogP contribution in [0.5, 0.6) is 0 Å². The number of aliphatic hydroxyl groups excluding tert-OH is 1.